The van der Waals surface area contributed by atoms with Gasteiger partial charge in [0, 0.05) is 189 Å². The number of nitrogens with one attached hydrogen (secondary N) is 12. The predicted molar refractivity (Wildman–Crippen MR) is 563 cm³/mol. The number of benzene rings is 8. The highest BCUT2D eigenvalue weighted by Crippen LogP contribution is 2.48. The molecule has 0 unspecified atom stereocenters. The number of nitrogens with zero attached hydrogens (tertiary/aromatic N) is 6. The van der Waals surface area contributed by atoms with E-state index in [-0.39, 0.29) is 12.1 Å². The molecule has 0 atom stereocenters. The number of carbonyl (C=O) groups excluding carboxylic acids is 3. The number of amides is 6. The molecule has 21 nitrogen and oxygen atoms in total. The second-order valence-electron chi connectivity index (χ2n) is 36.7. The molecule has 1 fully saturated rings. The molecule has 22 bridgehead atoms. The standard InChI is InChI=1S/C115H112N18O3/c1-65-57-69(5)101(70(6)58-65)109-93-37-29-85(120-93)105-77-21-13-17-25-81(77)128-113(134)129-82-26-18-14-22-78(82)106-87-31-39-95(122-87)111(103-73(9)61-67(3)62-74(103)10)99-43-35-91(126-99)108(92-36-44-100(127-92)112(96-40-32-88(106)123-96)104-75(11)63-68(4)64-76(104)12)80-24-16-20-28-84(80)131-115(136)133-55-51-118-47-45-116-49-53-132(54-50-117-46-48-119-52-56-133)114(135)130-83-27-19-15-23-79(83)107(89-33-41-97(109)124-89)90-34-42-98(125-90)110(94-38-30-86(105)121-94)102-71(7)59-66(2)60-72(102)8/h13-44,57-64,116-120,122,125,127H,45-56H2,1-12H3,(H,130,135)(H,131,136)(H2,128,129,134). The fourth-order valence-electron chi connectivity index (χ4n) is 21.1. The minimum atomic E-state index is -0.488. The lowest BCUT2D eigenvalue weighted by Crippen LogP contribution is -2.46. The Hall–Kier alpha value is -15.4. The molecule has 680 valence electrons. The number of rotatable bonds is 4. The Morgan fingerprint density at radius 1 is 0.221 bits per heavy atom. The highest BCUT2D eigenvalue weighted by molar-refractivity contribution is 6.11. The Balaban J connectivity index is 0.830. The van der Waals surface area contributed by atoms with E-state index in [4.69, 9.17) is 19.9 Å². The molecule has 6 aromatic heterocycles. The first-order valence-electron chi connectivity index (χ1n) is 47.2. The molecule has 0 aliphatic carbocycles. The molecular formula is C115H112N18O3. The van der Waals surface area contributed by atoms with Crippen LogP contribution >= 0.6 is 0 Å². The molecule has 14 aromatic rings. The third-order valence-electron chi connectivity index (χ3n) is 26.7. The van der Waals surface area contributed by atoms with Crippen molar-refractivity contribution in [3.05, 3.63) is 306 Å². The summed E-state index contributed by atoms with van der Waals surface area (Å²) in [5.41, 5.74) is 41.0. The van der Waals surface area contributed by atoms with E-state index in [1.807, 2.05) is 82.6 Å². The predicted octanol–water partition coefficient (Wildman–Crippen LogP) is 24.4. The van der Waals surface area contributed by atoms with Crippen LogP contribution in [0.3, 0.4) is 0 Å². The van der Waals surface area contributed by atoms with Crippen molar-refractivity contribution in [1.82, 2.24) is 70.9 Å². The average Bonchev–Trinajstić information content (AvgIpc) is 1.59. The summed E-state index contributed by atoms with van der Waals surface area (Å²) in [6.45, 7) is 32.1. The molecule has 24 rings (SSSR count). The van der Waals surface area contributed by atoms with E-state index in [2.05, 4.69) is 315 Å². The van der Waals surface area contributed by atoms with Gasteiger partial charge in [-0.25, -0.2) is 34.3 Å². The van der Waals surface area contributed by atoms with Gasteiger partial charge >= 0.3 is 18.1 Å². The maximum absolute atomic E-state index is 16.0. The fraction of sp³-hybridized carbons (Fsp3) is 0.209. The van der Waals surface area contributed by atoms with Crippen molar-refractivity contribution in [2.45, 2.75) is 83.1 Å². The number of urea groups is 3. The first-order valence-corrected chi connectivity index (χ1v) is 47.2. The van der Waals surface area contributed by atoms with E-state index in [0.717, 1.165) is 212 Å². The van der Waals surface area contributed by atoms with Crippen molar-refractivity contribution in [3.63, 3.8) is 0 Å². The summed E-state index contributed by atoms with van der Waals surface area (Å²) in [6, 6.07) is 65.9. The van der Waals surface area contributed by atoms with Crippen LogP contribution in [0.15, 0.2) is 194 Å². The number of hydrogen-bond acceptors (Lipinski definition) is 11. The zero-order valence-electron chi connectivity index (χ0n) is 79.0. The largest absolute Gasteiger partial charge is 0.354 e. The van der Waals surface area contributed by atoms with Crippen LogP contribution in [0.2, 0.25) is 0 Å². The van der Waals surface area contributed by atoms with Crippen LogP contribution < -0.4 is 42.5 Å². The molecule has 136 heavy (non-hydrogen) atoms. The van der Waals surface area contributed by atoms with Gasteiger partial charge in [-0.05, 0) is 271 Å². The third kappa shape index (κ3) is 17.5. The molecule has 0 radical (unpaired) electrons. The van der Waals surface area contributed by atoms with Crippen molar-refractivity contribution >= 4 is 134 Å². The van der Waals surface area contributed by atoms with Gasteiger partial charge in [0.05, 0.1) is 68.3 Å². The second kappa shape index (κ2) is 37.6. The van der Waals surface area contributed by atoms with Crippen molar-refractivity contribution in [1.29, 1.82) is 0 Å². The Morgan fingerprint density at radius 2 is 0.412 bits per heavy atom. The molecule has 8 aromatic carbocycles. The van der Waals surface area contributed by atoms with Gasteiger partial charge in [-0.2, -0.15) is 0 Å². The summed E-state index contributed by atoms with van der Waals surface area (Å²) in [4.78, 5) is 89.9. The first kappa shape index (κ1) is 88.5. The number of aromatic nitrogens is 8. The highest BCUT2D eigenvalue weighted by atomic mass is 16.2. The Labute approximate surface area is 792 Å². The van der Waals surface area contributed by atoms with E-state index in [0.29, 0.717) is 135 Å². The SMILES string of the molecule is Cc1cc(C)c(-c2c3nc(c4c5ccc([nH]5)c(-c5c(C)cc(C)cc5C)c5nc(c(c6ccc2[nH]6)-c2ccccc2NC(=O)Nc2ccccc2-c2c6nc(c(-c7c(C)cc(C)cc7C)c7ccc([nH]7)c(c7nc(c(-c8c(C)cc(C)cc8C)c8ccc2[nH]8)C=C7)-c2ccccc2NC(=O)N2CCNCCNCCN(CCNCCNCC2)C(=O)Nc2ccccc2-4)C=C6)C=C5)C=C3)c(C)c1. The van der Waals surface area contributed by atoms with Crippen LogP contribution in [0.25, 0.3) is 182 Å². The fourth-order valence-corrected chi connectivity index (χ4v) is 21.1. The smallest absolute Gasteiger partial charge is 0.323 e. The van der Waals surface area contributed by atoms with Gasteiger partial charge < -0.3 is 72.3 Å². The van der Waals surface area contributed by atoms with Crippen LogP contribution in [-0.2, 0) is 0 Å². The maximum atomic E-state index is 16.0. The monoisotopic (exact) mass is 1790 g/mol. The lowest BCUT2D eigenvalue weighted by Gasteiger charge is -2.25. The Kier molecular flexibility index (Phi) is 24.5. The minimum Gasteiger partial charge on any atom is -0.354 e. The quantitative estimate of drug-likeness (QED) is 0.0788. The third-order valence-corrected chi connectivity index (χ3v) is 26.7. The molecule has 10 aliphatic rings. The molecule has 10 aliphatic heterocycles. The van der Waals surface area contributed by atoms with Gasteiger partial charge in [0.1, 0.15) is 0 Å². The van der Waals surface area contributed by atoms with Gasteiger partial charge in [-0.3, -0.25) is 0 Å². The van der Waals surface area contributed by atoms with Gasteiger partial charge in [-0.15, -0.1) is 0 Å². The van der Waals surface area contributed by atoms with Crippen LogP contribution in [0.4, 0.5) is 37.1 Å². The van der Waals surface area contributed by atoms with Gasteiger partial charge in [0.2, 0.25) is 0 Å². The summed E-state index contributed by atoms with van der Waals surface area (Å²) >= 11 is 0. The average molecular weight is 1790 g/mol. The summed E-state index contributed by atoms with van der Waals surface area (Å²) in [5, 5.41) is 28.3. The number of anilines is 4. The van der Waals surface area contributed by atoms with E-state index in [1.54, 1.807) is 0 Å². The summed E-state index contributed by atoms with van der Waals surface area (Å²) in [7, 11) is 0. The molecule has 16 heterocycles. The van der Waals surface area contributed by atoms with Crippen molar-refractivity contribution in [2.75, 3.05) is 99.8 Å². The van der Waals surface area contributed by atoms with Crippen LogP contribution in [0, 0.1) is 83.1 Å². The van der Waals surface area contributed by atoms with Gasteiger partial charge in [0.15, 0.2) is 0 Å². The summed E-state index contributed by atoms with van der Waals surface area (Å²) in [5.74, 6) is 0. The Bertz CT molecular complexity index is 7080. The van der Waals surface area contributed by atoms with Crippen molar-refractivity contribution < 1.29 is 14.4 Å². The van der Waals surface area contributed by atoms with Crippen molar-refractivity contribution in [2.24, 2.45) is 0 Å². The zero-order chi connectivity index (χ0) is 93.7. The minimum absolute atomic E-state index is 0.243. The molecular weight excluding hydrogens is 1680 g/mol. The second-order valence-corrected chi connectivity index (χ2v) is 36.7. The van der Waals surface area contributed by atoms with Crippen LogP contribution in [-0.4, -0.2) is 146 Å². The van der Waals surface area contributed by atoms with Gasteiger partial charge in [-0.1, -0.05) is 144 Å². The number of carbonyl (C=O) groups is 3. The topological polar surface area (TPSA) is 269 Å². The van der Waals surface area contributed by atoms with E-state index in [9.17, 15) is 0 Å². The van der Waals surface area contributed by atoms with E-state index < -0.39 is 6.03 Å². The molecule has 6 amide bonds. The maximum Gasteiger partial charge on any atom is 0.323 e. The summed E-state index contributed by atoms with van der Waals surface area (Å²) < 4.78 is 0. The first-order chi connectivity index (χ1) is 66.1. The molecule has 0 spiro atoms. The van der Waals surface area contributed by atoms with Crippen LogP contribution in [0.1, 0.15) is 112 Å². The van der Waals surface area contributed by atoms with E-state index >= 15 is 14.4 Å². The molecule has 0 saturated carbocycles. The molecule has 21 heteroatoms. The van der Waals surface area contributed by atoms with Crippen LogP contribution in [0.5, 0.6) is 0 Å². The molecule has 12 N–H and O–H groups in total. The highest BCUT2D eigenvalue weighted by Gasteiger charge is 2.30. The lowest BCUT2D eigenvalue weighted by atomic mass is 9.92. The van der Waals surface area contributed by atoms with E-state index in [1.165, 1.54) is 0 Å². The lowest BCUT2D eigenvalue weighted by molar-refractivity contribution is 0.209. The number of para-hydroxylation sites is 4. The normalized spacial score (nSPS) is 14.6. The zero-order valence-corrected chi connectivity index (χ0v) is 79.0. The number of aryl methyl sites for hydroxylation is 12. The van der Waals surface area contributed by atoms with Gasteiger partial charge in [0.25, 0.3) is 0 Å². The number of H-pyrrole nitrogens is 4. The number of hydrogen-bond donors (Lipinski definition) is 12. The van der Waals surface area contributed by atoms with Crippen molar-refractivity contribution in [3.8, 4) is 89.0 Å². The molecule has 1 saturated heterocycles. The summed E-state index contributed by atoms with van der Waals surface area (Å²) in [6.07, 6.45) is 16.8. The Morgan fingerprint density at radius 3 is 0.632 bits per heavy atom. The number of aromatic amines is 4.